The molecule has 0 unspecified atom stereocenters. The number of nitrogens with zero attached hydrogens (tertiary/aromatic N) is 3. The Morgan fingerprint density at radius 2 is 1.96 bits per heavy atom. The highest BCUT2D eigenvalue weighted by atomic mass is 19.1. The monoisotopic (exact) mass is 316 g/mol. The summed E-state index contributed by atoms with van der Waals surface area (Å²) in [7, 11) is 0. The van der Waals surface area contributed by atoms with E-state index in [4.69, 9.17) is 4.74 Å². The van der Waals surface area contributed by atoms with Crippen molar-refractivity contribution >= 4 is 11.7 Å². The third-order valence-electron chi connectivity index (χ3n) is 3.62. The first-order valence-electron chi connectivity index (χ1n) is 7.42. The molecule has 1 aliphatic rings. The number of aromatic nitrogens is 2. The third kappa shape index (κ3) is 3.81. The van der Waals surface area contributed by atoms with Gasteiger partial charge in [0.15, 0.2) is 11.5 Å². The van der Waals surface area contributed by atoms with Crippen LogP contribution >= 0.6 is 0 Å². The van der Waals surface area contributed by atoms with Crippen LogP contribution in [0.3, 0.4) is 0 Å². The van der Waals surface area contributed by atoms with E-state index in [2.05, 4.69) is 20.4 Å². The zero-order valence-corrected chi connectivity index (χ0v) is 12.5. The molecule has 0 bridgehead atoms. The summed E-state index contributed by atoms with van der Waals surface area (Å²) in [5.74, 6) is -0.00483. The summed E-state index contributed by atoms with van der Waals surface area (Å²) in [5.41, 5.74) is 0.636. The maximum absolute atomic E-state index is 13.5. The molecule has 0 aliphatic carbocycles. The molecule has 7 heteroatoms. The molecule has 0 radical (unpaired) electrons. The molecule has 1 aromatic heterocycles. The number of morpholine rings is 1. The minimum Gasteiger partial charge on any atom is -0.378 e. The predicted octanol–water partition coefficient (Wildman–Crippen LogP) is 1.38. The molecule has 2 heterocycles. The lowest BCUT2D eigenvalue weighted by atomic mass is 10.2. The Labute approximate surface area is 133 Å². The van der Waals surface area contributed by atoms with Crippen LogP contribution in [0.15, 0.2) is 36.4 Å². The molecule has 2 aromatic rings. The number of halogens is 1. The van der Waals surface area contributed by atoms with Gasteiger partial charge in [-0.05, 0) is 18.2 Å². The largest absolute Gasteiger partial charge is 0.378 e. The number of rotatable bonds is 4. The maximum atomic E-state index is 13.5. The van der Waals surface area contributed by atoms with Crippen molar-refractivity contribution < 1.29 is 13.9 Å². The summed E-state index contributed by atoms with van der Waals surface area (Å²) in [6.07, 6.45) is 0. The lowest BCUT2D eigenvalue weighted by Gasteiger charge is -2.27. The van der Waals surface area contributed by atoms with Gasteiger partial charge in [0.25, 0.3) is 5.91 Å². The second kappa shape index (κ2) is 7.15. The van der Waals surface area contributed by atoms with E-state index in [-0.39, 0.29) is 24.0 Å². The number of nitrogens with one attached hydrogen (secondary N) is 1. The zero-order chi connectivity index (χ0) is 16.1. The van der Waals surface area contributed by atoms with E-state index in [9.17, 15) is 9.18 Å². The molecule has 1 amide bonds. The molecule has 1 fully saturated rings. The molecule has 0 saturated carbocycles. The summed E-state index contributed by atoms with van der Waals surface area (Å²) in [6.45, 7) is 2.94. The van der Waals surface area contributed by atoms with Crippen molar-refractivity contribution in [1.82, 2.24) is 15.5 Å². The first-order valence-corrected chi connectivity index (χ1v) is 7.42. The van der Waals surface area contributed by atoms with Gasteiger partial charge in [-0.25, -0.2) is 4.39 Å². The van der Waals surface area contributed by atoms with E-state index in [0.717, 1.165) is 18.9 Å². The van der Waals surface area contributed by atoms with Crippen LogP contribution in [0.5, 0.6) is 0 Å². The first-order chi connectivity index (χ1) is 11.2. The highest BCUT2D eigenvalue weighted by molar-refractivity contribution is 5.92. The van der Waals surface area contributed by atoms with Crippen molar-refractivity contribution in [3.8, 4) is 0 Å². The molecule has 120 valence electrons. The number of carbonyl (C=O) groups is 1. The molecule has 6 nitrogen and oxygen atoms in total. The molecule has 1 aliphatic heterocycles. The van der Waals surface area contributed by atoms with E-state index in [1.165, 1.54) is 6.07 Å². The SMILES string of the molecule is O=C(NCc1ccccc1F)c1ccc(N2CCOCC2)nn1. The highest BCUT2D eigenvalue weighted by Crippen LogP contribution is 2.11. The topological polar surface area (TPSA) is 67.4 Å². The van der Waals surface area contributed by atoms with Gasteiger partial charge in [-0.1, -0.05) is 18.2 Å². The third-order valence-corrected chi connectivity index (χ3v) is 3.62. The van der Waals surface area contributed by atoms with Gasteiger partial charge in [0.1, 0.15) is 5.82 Å². The Morgan fingerprint density at radius 3 is 2.65 bits per heavy atom. The minimum absolute atomic E-state index is 0.110. The molecule has 1 saturated heterocycles. The van der Waals surface area contributed by atoms with Crippen molar-refractivity contribution in [2.75, 3.05) is 31.2 Å². The number of anilines is 1. The zero-order valence-electron chi connectivity index (χ0n) is 12.5. The van der Waals surface area contributed by atoms with Gasteiger partial charge in [0, 0.05) is 25.2 Å². The van der Waals surface area contributed by atoms with Gasteiger partial charge in [-0.15, -0.1) is 10.2 Å². The van der Waals surface area contributed by atoms with Crippen molar-refractivity contribution in [3.63, 3.8) is 0 Å². The molecular formula is C16H17FN4O2. The summed E-state index contributed by atoms with van der Waals surface area (Å²) >= 11 is 0. The molecular weight excluding hydrogens is 299 g/mol. The fourth-order valence-electron chi connectivity index (χ4n) is 2.32. The van der Waals surface area contributed by atoms with Gasteiger partial charge in [0.2, 0.25) is 0 Å². The van der Waals surface area contributed by atoms with Crippen LogP contribution in [0.1, 0.15) is 16.1 Å². The molecule has 1 N–H and O–H groups in total. The lowest BCUT2D eigenvalue weighted by molar-refractivity contribution is 0.0944. The predicted molar refractivity (Wildman–Crippen MR) is 82.6 cm³/mol. The summed E-state index contributed by atoms with van der Waals surface area (Å²) in [6, 6.07) is 9.70. The van der Waals surface area contributed by atoms with Crippen molar-refractivity contribution in [1.29, 1.82) is 0 Å². The normalized spacial score (nSPS) is 14.6. The minimum atomic E-state index is -0.380. The fourth-order valence-corrected chi connectivity index (χ4v) is 2.32. The first kappa shape index (κ1) is 15.4. The van der Waals surface area contributed by atoms with E-state index in [1.54, 1.807) is 30.3 Å². The molecule has 23 heavy (non-hydrogen) atoms. The number of hydrogen-bond acceptors (Lipinski definition) is 5. The number of amides is 1. The van der Waals surface area contributed by atoms with E-state index < -0.39 is 0 Å². The second-order valence-electron chi connectivity index (χ2n) is 5.15. The Bertz CT molecular complexity index is 672. The number of ether oxygens (including phenoxy) is 1. The van der Waals surface area contributed by atoms with Crippen molar-refractivity contribution in [2.45, 2.75) is 6.54 Å². The number of benzene rings is 1. The number of carbonyl (C=O) groups excluding carboxylic acids is 1. The second-order valence-corrected chi connectivity index (χ2v) is 5.15. The Hall–Kier alpha value is -2.54. The van der Waals surface area contributed by atoms with Crippen molar-refractivity contribution in [3.05, 3.63) is 53.5 Å². The van der Waals surface area contributed by atoms with Gasteiger partial charge < -0.3 is 15.0 Å². The van der Waals surface area contributed by atoms with Crippen LogP contribution in [-0.4, -0.2) is 42.4 Å². The molecule has 3 rings (SSSR count). The average Bonchev–Trinajstić information content (AvgIpc) is 2.62. The Balaban J connectivity index is 1.60. The van der Waals surface area contributed by atoms with E-state index in [0.29, 0.717) is 18.8 Å². The summed E-state index contributed by atoms with van der Waals surface area (Å²) in [5, 5.41) is 10.7. The quantitative estimate of drug-likeness (QED) is 0.923. The van der Waals surface area contributed by atoms with Gasteiger partial charge in [0.05, 0.1) is 13.2 Å². The van der Waals surface area contributed by atoms with Gasteiger partial charge in [-0.2, -0.15) is 0 Å². The van der Waals surface area contributed by atoms with Gasteiger partial charge in [-0.3, -0.25) is 4.79 Å². The Kier molecular flexibility index (Phi) is 4.77. The molecule has 0 spiro atoms. The van der Waals surface area contributed by atoms with Crippen LogP contribution < -0.4 is 10.2 Å². The van der Waals surface area contributed by atoms with Crippen LogP contribution in [0.25, 0.3) is 0 Å². The molecule has 1 aromatic carbocycles. The molecule has 0 atom stereocenters. The highest BCUT2D eigenvalue weighted by Gasteiger charge is 2.14. The van der Waals surface area contributed by atoms with Crippen LogP contribution in [0, 0.1) is 5.82 Å². The summed E-state index contributed by atoms with van der Waals surface area (Å²) < 4.78 is 18.8. The van der Waals surface area contributed by atoms with E-state index >= 15 is 0 Å². The smallest absolute Gasteiger partial charge is 0.272 e. The van der Waals surface area contributed by atoms with Crippen LogP contribution in [0.2, 0.25) is 0 Å². The lowest BCUT2D eigenvalue weighted by Crippen LogP contribution is -2.37. The van der Waals surface area contributed by atoms with Crippen LogP contribution in [-0.2, 0) is 11.3 Å². The Morgan fingerprint density at radius 1 is 1.17 bits per heavy atom. The van der Waals surface area contributed by atoms with Crippen LogP contribution in [0.4, 0.5) is 10.2 Å². The maximum Gasteiger partial charge on any atom is 0.272 e. The average molecular weight is 316 g/mol. The fraction of sp³-hybridized carbons (Fsp3) is 0.312. The number of hydrogen-bond donors (Lipinski definition) is 1. The van der Waals surface area contributed by atoms with Gasteiger partial charge >= 0.3 is 0 Å². The summed E-state index contributed by atoms with van der Waals surface area (Å²) in [4.78, 5) is 14.1. The standard InChI is InChI=1S/C16H17FN4O2/c17-13-4-2-1-3-12(13)11-18-16(22)14-5-6-15(20-19-14)21-7-9-23-10-8-21/h1-6H,7-11H2,(H,18,22). The van der Waals surface area contributed by atoms with E-state index in [1.807, 2.05) is 0 Å². The van der Waals surface area contributed by atoms with Crippen molar-refractivity contribution in [2.24, 2.45) is 0 Å².